The summed E-state index contributed by atoms with van der Waals surface area (Å²) in [6, 6.07) is 1.60. The molecule has 0 fully saturated rings. The summed E-state index contributed by atoms with van der Waals surface area (Å²) >= 11 is 7.36. The SMILES string of the molecule is Cc1cnc(Sc2nccc(C(=N)N)c2Cl)nc1. The maximum Gasteiger partial charge on any atom is 0.193 e. The van der Waals surface area contributed by atoms with Gasteiger partial charge in [0.1, 0.15) is 10.9 Å². The Labute approximate surface area is 113 Å². The zero-order chi connectivity index (χ0) is 13.1. The van der Waals surface area contributed by atoms with Crippen LogP contribution in [0.2, 0.25) is 5.02 Å². The number of hydrogen-bond donors (Lipinski definition) is 2. The Morgan fingerprint density at radius 2 is 2.00 bits per heavy atom. The van der Waals surface area contributed by atoms with Crippen molar-refractivity contribution in [2.24, 2.45) is 5.73 Å². The largest absolute Gasteiger partial charge is 0.384 e. The summed E-state index contributed by atoms with van der Waals surface area (Å²) in [6.07, 6.45) is 5.00. The summed E-state index contributed by atoms with van der Waals surface area (Å²) < 4.78 is 0. The molecule has 2 aromatic heterocycles. The smallest absolute Gasteiger partial charge is 0.193 e. The first-order chi connectivity index (χ1) is 8.58. The van der Waals surface area contributed by atoms with Gasteiger partial charge in [0.25, 0.3) is 0 Å². The zero-order valence-electron chi connectivity index (χ0n) is 9.51. The highest BCUT2D eigenvalue weighted by Gasteiger charge is 2.12. The lowest BCUT2D eigenvalue weighted by atomic mass is 10.2. The molecule has 0 radical (unpaired) electrons. The summed E-state index contributed by atoms with van der Waals surface area (Å²) in [5, 5.41) is 8.84. The van der Waals surface area contributed by atoms with Crippen molar-refractivity contribution < 1.29 is 0 Å². The van der Waals surface area contributed by atoms with Crippen molar-refractivity contribution in [2.75, 3.05) is 0 Å². The lowest BCUT2D eigenvalue weighted by Crippen LogP contribution is -2.12. The van der Waals surface area contributed by atoms with Gasteiger partial charge in [0.2, 0.25) is 0 Å². The molecule has 2 heterocycles. The van der Waals surface area contributed by atoms with Gasteiger partial charge in [-0.1, -0.05) is 11.6 Å². The first-order valence-corrected chi connectivity index (χ1v) is 6.23. The molecule has 0 bridgehead atoms. The Kier molecular flexibility index (Phi) is 3.78. The number of nitrogens with zero attached hydrogens (tertiary/aromatic N) is 3. The summed E-state index contributed by atoms with van der Waals surface area (Å²) in [5.74, 6) is -0.0888. The number of nitrogen functional groups attached to an aromatic ring is 1. The molecule has 0 aromatic carbocycles. The minimum absolute atomic E-state index is 0.0888. The Morgan fingerprint density at radius 1 is 1.33 bits per heavy atom. The predicted molar refractivity (Wildman–Crippen MR) is 71.2 cm³/mol. The average Bonchev–Trinajstić information content (AvgIpc) is 2.34. The van der Waals surface area contributed by atoms with E-state index in [4.69, 9.17) is 22.7 Å². The molecule has 0 spiro atoms. The van der Waals surface area contributed by atoms with Crippen LogP contribution in [0, 0.1) is 12.3 Å². The van der Waals surface area contributed by atoms with Gasteiger partial charge in [-0.2, -0.15) is 0 Å². The topological polar surface area (TPSA) is 88.5 Å². The van der Waals surface area contributed by atoms with Gasteiger partial charge in [-0.25, -0.2) is 15.0 Å². The third-order valence-electron chi connectivity index (χ3n) is 2.09. The number of rotatable bonds is 3. The molecule has 18 heavy (non-hydrogen) atoms. The number of pyridine rings is 1. The van der Waals surface area contributed by atoms with Crippen LogP contribution in [0.15, 0.2) is 34.8 Å². The molecular weight excluding hydrogens is 270 g/mol. The van der Waals surface area contributed by atoms with Crippen LogP contribution < -0.4 is 5.73 Å². The lowest BCUT2D eigenvalue weighted by Gasteiger charge is -2.06. The second kappa shape index (κ2) is 5.32. The van der Waals surface area contributed by atoms with Gasteiger partial charge in [0.15, 0.2) is 5.16 Å². The van der Waals surface area contributed by atoms with E-state index in [0.29, 0.717) is 20.8 Å². The molecular formula is C11H10ClN5S. The maximum atomic E-state index is 7.41. The maximum absolute atomic E-state index is 7.41. The van der Waals surface area contributed by atoms with Gasteiger partial charge in [-0.05, 0) is 30.3 Å². The van der Waals surface area contributed by atoms with Crippen molar-refractivity contribution in [1.82, 2.24) is 15.0 Å². The highest BCUT2D eigenvalue weighted by Crippen LogP contribution is 2.31. The number of aryl methyl sites for hydroxylation is 1. The van der Waals surface area contributed by atoms with Crippen LogP contribution in [0.4, 0.5) is 0 Å². The highest BCUT2D eigenvalue weighted by atomic mass is 35.5. The Bertz CT molecular complexity index is 584. The zero-order valence-corrected chi connectivity index (χ0v) is 11.1. The van der Waals surface area contributed by atoms with Gasteiger partial charge in [-0.3, -0.25) is 5.41 Å². The molecule has 0 saturated carbocycles. The van der Waals surface area contributed by atoms with Crippen LogP contribution in [0.5, 0.6) is 0 Å². The summed E-state index contributed by atoms with van der Waals surface area (Å²) in [7, 11) is 0. The van der Waals surface area contributed by atoms with Gasteiger partial charge < -0.3 is 5.73 Å². The Balaban J connectivity index is 2.32. The number of nitrogens with one attached hydrogen (secondary N) is 1. The van der Waals surface area contributed by atoms with E-state index in [1.165, 1.54) is 11.8 Å². The highest BCUT2D eigenvalue weighted by molar-refractivity contribution is 7.99. The van der Waals surface area contributed by atoms with Crippen molar-refractivity contribution in [3.63, 3.8) is 0 Å². The molecule has 0 unspecified atom stereocenters. The van der Waals surface area contributed by atoms with Crippen LogP contribution in [0.25, 0.3) is 0 Å². The van der Waals surface area contributed by atoms with E-state index in [1.54, 1.807) is 24.7 Å². The molecule has 92 valence electrons. The van der Waals surface area contributed by atoms with Crippen molar-refractivity contribution in [3.8, 4) is 0 Å². The van der Waals surface area contributed by atoms with Crippen molar-refractivity contribution >= 4 is 29.2 Å². The fourth-order valence-corrected chi connectivity index (χ4v) is 2.25. The van der Waals surface area contributed by atoms with E-state index in [1.807, 2.05) is 6.92 Å². The van der Waals surface area contributed by atoms with E-state index < -0.39 is 0 Å². The lowest BCUT2D eigenvalue weighted by molar-refractivity contribution is 0.944. The molecule has 2 aromatic rings. The Morgan fingerprint density at radius 3 is 2.61 bits per heavy atom. The molecule has 2 rings (SSSR count). The van der Waals surface area contributed by atoms with E-state index in [9.17, 15) is 0 Å². The van der Waals surface area contributed by atoms with Crippen LogP contribution >= 0.6 is 23.4 Å². The summed E-state index contributed by atoms with van der Waals surface area (Å²) in [4.78, 5) is 12.5. The van der Waals surface area contributed by atoms with Crippen LogP contribution in [0.1, 0.15) is 11.1 Å². The second-order valence-corrected chi connectivity index (χ2v) is 4.87. The number of nitrogens with two attached hydrogens (primary N) is 1. The second-order valence-electron chi connectivity index (χ2n) is 3.54. The van der Waals surface area contributed by atoms with Crippen molar-refractivity contribution in [2.45, 2.75) is 17.1 Å². The van der Waals surface area contributed by atoms with E-state index >= 15 is 0 Å². The fraction of sp³-hybridized carbons (Fsp3) is 0.0909. The number of halogens is 1. The van der Waals surface area contributed by atoms with Gasteiger partial charge >= 0.3 is 0 Å². The first kappa shape index (κ1) is 12.8. The fourth-order valence-electron chi connectivity index (χ4n) is 1.22. The molecule has 7 heteroatoms. The number of hydrogen-bond acceptors (Lipinski definition) is 5. The monoisotopic (exact) mass is 279 g/mol. The molecule has 0 aliphatic rings. The summed E-state index contributed by atoms with van der Waals surface area (Å²) in [6.45, 7) is 1.91. The van der Waals surface area contributed by atoms with Crippen molar-refractivity contribution in [1.29, 1.82) is 5.41 Å². The van der Waals surface area contributed by atoms with Crippen molar-refractivity contribution in [3.05, 3.63) is 40.8 Å². The number of amidine groups is 1. The molecule has 0 aliphatic heterocycles. The van der Waals surface area contributed by atoms with E-state index in [-0.39, 0.29) is 5.84 Å². The molecule has 0 amide bonds. The molecule has 3 N–H and O–H groups in total. The molecule has 0 atom stereocenters. The van der Waals surface area contributed by atoms with Gasteiger partial charge in [-0.15, -0.1) is 0 Å². The molecule has 5 nitrogen and oxygen atoms in total. The van der Waals surface area contributed by atoms with Crippen LogP contribution in [-0.2, 0) is 0 Å². The number of aromatic nitrogens is 3. The van der Waals surface area contributed by atoms with Gasteiger partial charge in [0, 0.05) is 24.2 Å². The quantitative estimate of drug-likeness (QED) is 0.511. The van der Waals surface area contributed by atoms with Crippen LogP contribution in [0.3, 0.4) is 0 Å². The third kappa shape index (κ3) is 2.77. The molecule has 0 aliphatic carbocycles. The van der Waals surface area contributed by atoms with E-state index in [2.05, 4.69) is 15.0 Å². The minimum atomic E-state index is -0.0888. The minimum Gasteiger partial charge on any atom is -0.384 e. The summed E-state index contributed by atoms with van der Waals surface area (Å²) in [5.41, 5.74) is 6.87. The molecule has 0 saturated heterocycles. The third-order valence-corrected chi connectivity index (χ3v) is 3.48. The normalized spacial score (nSPS) is 10.3. The first-order valence-electron chi connectivity index (χ1n) is 5.03. The predicted octanol–water partition coefficient (Wildman–Crippen LogP) is 2.27. The van der Waals surface area contributed by atoms with Gasteiger partial charge in [0.05, 0.1) is 5.02 Å². The van der Waals surface area contributed by atoms with E-state index in [0.717, 1.165) is 5.56 Å². The standard InChI is InChI=1S/C11H10ClN5S/c1-6-4-16-11(17-5-6)18-10-8(12)7(9(13)14)2-3-15-10/h2-5H,1H3,(H3,13,14). The van der Waals surface area contributed by atoms with Crippen LogP contribution in [-0.4, -0.2) is 20.8 Å². The Hall–Kier alpha value is -1.66. The average molecular weight is 280 g/mol.